The van der Waals surface area contributed by atoms with Gasteiger partial charge in [0.05, 0.1) is 15.7 Å². The van der Waals surface area contributed by atoms with Crippen molar-refractivity contribution in [1.29, 1.82) is 0 Å². The predicted octanol–water partition coefficient (Wildman–Crippen LogP) is 6.19. The molecule has 1 fully saturated rings. The van der Waals surface area contributed by atoms with Crippen LogP contribution in [0.3, 0.4) is 0 Å². The third-order valence-electron chi connectivity index (χ3n) is 5.45. The number of benzene rings is 2. The minimum absolute atomic E-state index is 0.00310. The number of nitrogens with zero attached hydrogens (tertiary/aromatic N) is 2. The molecule has 2 heterocycles. The molecule has 0 atom stereocenters. The number of halogens is 3. The normalized spacial score (nSPS) is 15.4. The number of hydrogen-bond acceptors (Lipinski definition) is 3. The summed E-state index contributed by atoms with van der Waals surface area (Å²) in [5.41, 5.74) is 4.58. The van der Waals surface area contributed by atoms with Gasteiger partial charge in [-0.25, -0.2) is 0 Å². The van der Waals surface area contributed by atoms with Crippen LogP contribution in [-0.2, 0) is 9.59 Å². The number of aryl methyl sites for hydroxylation is 2. The zero-order chi connectivity index (χ0) is 24.0. The van der Waals surface area contributed by atoms with Gasteiger partial charge in [0.25, 0.3) is 11.8 Å². The van der Waals surface area contributed by atoms with Crippen LogP contribution in [0.4, 0.5) is 5.69 Å². The van der Waals surface area contributed by atoms with Crippen molar-refractivity contribution in [3.05, 3.63) is 85.6 Å². The molecule has 9 heteroatoms. The number of nitrogens with one attached hydrogen (secondary N) is 1. The maximum atomic E-state index is 13.3. The summed E-state index contributed by atoms with van der Waals surface area (Å²) in [7, 11) is 0. The van der Waals surface area contributed by atoms with Crippen molar-refractivity contribution in [2.45, 2.75) is 20.8 Å². The highest BCUT2D eigenvalue weighted by Crippen LogP contribution is 2.30. The molecular weight excluding hydrogens is 501 g/mol. The Hall–Kier alpha value is -2.64. The predicted molar refractivity (Wildman–Crippen MR) is 138 cm³/mol. The summed E-state index contributed by atoms with van der Waals surface area (Å²) in [5, 5.41) is 3.99. The van der Waals surface area contributed by atoms with Gasteiger partial charge in [-0.3, -0.25) is 19.8 Å². The molecule has 2 aromatic carbocycles. The van der Waals surface area contributed by atoms with Gasteiger partial charge in [-0.15, -0.1) is 0 Å². The monoisotopic (exact) mass is 517 g/mol. The first-order chi connectivity index (χ1) is 15.6. The van der Waals surface area contributed by atoms with Crippen molar-refractivity contribution in [2.24, 2.45) is 0 Å². The van der Waals surface area contributed by atoms with Crippen LogP contribution < -0.4 is 10.2 Å². The third kappa shape index (κ3) is 4.32. The van der Waals surface area contributed by atoms with Crippen molar-refractivity contribution < 1.29 is 9.59 Å². The van der Waals surface area contributed by atoms with E-state index in [-0.39, 0.29) is 10.7 Å². The van der Waals surface area contributed by atoms with Crippen LogP contribution in [0.5, 0.6) is 0 Å². The largest absolute Gasteiger partial charge is 0.318 e. The van der Waals surface area contributed by atoms with Gasteiger partial charge in [-0.05, 0) is 86.6 Å². The summed E-state index contributed by atoms with van der Waals surface area (Å²) in [6.45, 7) is 5.68. The maximum absolute atomic E-state index is 13.3. The van der Waals surface area contributed by atoms with Crippen molar-refractivity contribution in [2.75, 3.05) is 4.90 Å². The van der Waals surface area contributed by atoms with Gasteiger partial charge in [0.2, 0.25) is 0 Å². The van der Waals surface area contributed by atoms with Crippen LogP contribution in [0.15, 0.2) is 48.0 Å². The average molecular weight is 519 g/mol. The highest BCUT2D eigenvalue weighted by Gasteiger charge is 2.35. The molecule has 0 spiro atoms. The highest BCUT2D eigenvalue weighted by atomic mass is 35.5. The zero-order valence-electron chi connectivity index (χ0n) is 17.9. The molecule has 5 nitrogen and oxygen atoms in total. The van der Waals surface area contributed by atoms with Crippen molar-refractivity contribution >= 4 is 75.7 Å². The molecule has 0 aliphatic carbocycles. The molecule has 168 valence electrons. The first-order valence-electron chi connectivity index (χ1n) is 9.90. The van der Waals surface area contributed by atoms with Crippen LogP contribution in [-0.4, -0.2) is 21.5 Å². The molecule has 1 saturated heterocycles. The number of thiocarbonyl (C=S) groups is 1. The van der Waals surface area contributed by atoms with E-state index in [1.54, 1.807) is 36.4 Å². The smallest absolute Gasteiger partial charge is 0.270 e. The standard InChI is InChI=1S/C24H18Cl3N3O2S/c1-12-4-5-17(10-20(12)26)30-23(32)18(22(31)28-24(30)33)9-15-8-13(2)29(14(15)3)16-6-7-19(25)21(27)11-16/h4-11H,1-3H3,(H,28,31,33)/b18-9-. The summed E-state index contributed by atoms with van der Waals surface area (Å²) in [4.78, 5) is 27.3. The molecule has 33 heavy (non-hydrogen) atoms. The summed E-state index contributed by atoms with van der Waals surface area (Å²) in [6.07, 6.45) is 1.57. The third-order valence-corrected chi connectivity index (χ3v) is 6.88. The Bertz CT molecular complexity index is 1380. The number of carbonyl (C=O) groups excluding carboxylic acids is 2. The molecule has 0 saturated carbocycles. The van der Waals surface area contributed by atoms with E-state index in [1.807, 2.05) is 37.5 Å². The lowest BCUT2D eigenvalue weighted by molar-refractivity contribution is -0.122. The van der Waals surface area contributed by atoms with Gasteiger partial charge in [0.15, 0.2) is 5.11 Å². The van der Waals surface area contributed by atoms with Crippen LogP contribution in [0, 0.1) is 20.8 Å². The molecule has 4 rings (SSSR count). The molecule has 0 bridgehead atoms. The average Bonchev–Trinajstić information content (AvgIpc) is 3.03. The number of hydrogen-bond donors (Lipinski definition) is 1. The van der Waals surface area contributed by atoms with Crippen LogP contribution in [0.1, 0.15) is 22.5 Å². The van der Waals surface area contributed by atoms with Gasteiger partial charge in [-0.2, -0.15) is 0 Å². The molecule has 1 aliphatic heterocycles. The Morgan fingerprint density at radius 2 is 1.55 bits per heavy atom. The Morgan fingerprint density at radius 1 is 0.879 bits per heavy atom. The Balaban J connectivity index is 1.77. The minimum Gasteiger partial charge on any atom is -0.318 e. The number of carbonyl (C=O) groups is 2. The zero-order valence-corrected chi connectivity index (χ0v) is 21.0. The fraction of sp³-hybridized carbons (Fsp3) is 0.125. The molecule has 0 unspecified atom stereocenters. The van der Waals surface area contributed by atoms with Crippen molar-refractivity contribution in [3.8, 4) is 5.69 Å². The first kappa shape index (κ1) is 23.5. The maximum Gasteiger partial charge on any atom is 0.270 e. The van der Waals surface area contributed by atoms with Gasteiger partial charge >= 0.3 is 0 Å². The van der Waals surface area contributed by atoms with Gasteiger partial charge < -0.3 is 4.57 Å². The number of aromatic nitrogens is 1. The Morgan fingerprint density at radius 3 is 2.21 bits per heavy atom. The van der Waals surface area contributed by atoms with E-state index in [9.17, 15) is 9.59 Å². The van der Waals surface area contributed by atoms with E-state index in [0.29, 0.717) is 26.3 Å². The van der Waals surface area contributed by atoms with Crippen molar-refractivity contribution in [3.63, 3.8) is 0 Å². The van der Waals surface area contributed by atoms with Crippen LogP contribution in [0.2, 0.25) is 15.1 Å². The summed E-state index contributed by atoms with van der Waals surface area (Å²) < 4.78 is 1.97. The van der Waals surface area contributed by atoms with Crippen molar-refractivity contribution in [1.82, 2.24) is 9.88 Å². The minimum atomic E-state index is -0.557. The fourth-order valence-corrected chi connectivity index (χ4v) is 4.47. The van der Waals surface area contributed by atoms with E-state index in [2.05, 4.69) is 5.32 Å². The SMILES string of the molecule is Cc1ccc(N2C(=O)/C(=C\c3cc(C)n(-c4ccc(Cl)c(Cl)c4)c3C)C(=O)NC2=S)cc1Cl. The number of anilines is 1. The van der Waals surface area contributed by atoms with E-state index in [1.165, 1.54) is 4.90 Å². The highest BCUT2D eigenvalue weighted by molar-refractivity contribution is 7.80. The second kappa shape index (κ2) is 8.95. The first-order valence-corrected chi connectivity index (χ1v) is 11.4. The molecule has 0 radical (unpaired) electrons. The van der Waals surface area contributed by atoms with E-state index >= 15 is 0 Å². The number of amides is 2. The van der Waals surface area contributed by atoms with E-state index < -0.39 is 11.8 Å². The molecule has 3 aromatic rings. The second-order valence-corrected chi connectivity index (χ2v) is 9.26. The lowest BCUT2D eigenvalue weighted by atomic mass is 10.1. The summed E-state index contributed by atoms with van der Waals surface area (Å²) >= 11 is 23.8. The fourth-order valence-electron chi connectivity index (χ4n) is 3.72. The molecule has 1 N–H and O–H groups in total. The quantitative estimate of drug-likeness (QED) is 0.255. The lowest BCUT2D eigenvalue weighted by Crippen LogP contribution is -2.54. The second-order valence-electron chi connectivity index (χ2n) is 7.65. The van der Waals surface area contributed by atoms with Gasteiger partial charge in [0, 0.05) is 22.1 Å². The van der Waals surface area contributed by atoms with E-state index in [0.717, 1.165) is 22.6 Å². The Kier molecular flexibility index (Phi) is 6.38. The van der Waals surface area contributed by atoms with Gasteiger partial charge in [-0.1, -0.05) is 40.9 Å². The summed E-state index contributed by atoms with van der Waals surface area (Å²) in [6, 6.07) is 12.4. The molecule has 1 aliphatic rings. The van der Waals surface area contributed by atoms with E-state index in [4.69, 9.17) is 47.0 Å². The number of rotatable bonds is 3. The van der Waals surface area contributed by atoms with Crippen LogP contribution in [0.25, 0.3) is 11.8 Å². The lowest BCUT2D eigenvalue weighted by Gasteiger charge is -2.29. The van der Waals surface area contributed by atoms with Crippen LogP contribution >= 0.6 is 47.0 Å². The molecule has 2 amide bonds. The topological polar surface area (TPSA) is 54.3 Å². The summed E-state index contributed by atoms with van der Waals surface area (Å²) in [5.74, 6) is -1.08. The molecular formula is C24H18Cl3N3O2S. The Labute approximate surface area is 211 Å². The van der Waals surface area contributed by atoms with Gasteiger partial charge in [0.1, 0.15) is 5.57 Å². The molecule has 1 aromatic heterocycles.